The van der Waals surface area contributed by atoms with E-state index in [2.05, 4.69) is 0 Å². The summed E-state index contributed by atoms with van der Waals surface area (Å²) in [6.45, 7) is 2.38. The lowest BCUT2D eigenvalue weighted by molar-refractivity contribution is 0.407. The maximum atomic E-state index is 5.51. The molecule has 0 rings (SSSR count). The van der Waals surface area contributed by atoms with Crippen LogP contribution in [-0.2, 0) is 0 Å². The van der Waals surface area contributed by atoms with Crippen molar-refractivity contribution < 1.29 is 0 Å². The van der Waals surface area contributed by atoms with Crippen LogP contribution in [0.25, 0.3) is 0 Å². The molecular weight excluding hydrogens is 150 g/mol. The molecule has 0 amide bonds. The molecule has 0 aliphatic rings. The molecule has 0 spiro atoms. The van der Waals surface area contributed by atoms with Gasteiger partial charge in [0.15, 0.2) is 0 Å². The fraction of sp³-hybridized carbons (Fsp3) is 1.00. The first-order valence-corrected chi connectivity index (χ1v) is 4.95. The predicted molar refractivity (Wildman–Crippen MR) is 53.7 cm³/mol. The van der Waals surface area contributed by atoms with E-state index in [0.717, 1.165) is 44.8 Å². The first-order chi connectivity index (χ1) is 5.85. The molecule has 6 N–H and O–H groups in total. The molecule has 3 nitrogen and oxygen atoms in total. The molecule has 0 saturated heterocycles. The van der Waals surface area contributed by atoms with E-state index < -0.39 is 0 Å². The van der Waals surface area contributed by atoms with Crippen molar-refractivity contribution in [3.05, 3.63) is 0 Å². The van der Waals surface area contributed by atoms with Crippen molar-refractivity contribution in [1.82, 2.24) is 0 Å². The van der Waals surface area contributed by atoms with Crippen molar-refractivity contribution >= 4 is 0 Å². The molecule has 0 aromatic carbocycles. The molecule has 0 aromatic heterocycles. The second-order valence-electron chi connectivity index (χ2n) is 3.31. The van der Waals surface area contributed by atoms with Gasteiger partial charge in [-0.25, -0.2) is 0 Å². The summed E-state index contributed by atoms with van der Waals surface area (Å²) in [5.74, 6) is 0.752. The zero-order chi connectivity index (χ0) is 9.23. The van der Waals surface area contributed by atoms with Crippen LogP contribution in [0.15, 0.2) is 0 Å². The van der Waals surface area contributed by atoms with Gasteiger partial charge in [-0.3, -0.25) is 0 Å². The zero-order valence-electron chi connectivity index (χ0n) is 7.97. The second-order valence-corrected chi connectivity index (χ2v) is 3.31. The molecule has 0 saturated carbocycles. The summed E-state index contributed by atoms with van der Waals surface area (Å²) in [5, 5.41) is 0. The summed E-state index contributed by atoms with van der Waals surface area (Å²) >= 11 is 0. The molecule has 12 heavy (non-hydrogen) atoms. The van der Waals surface area contributed by atoms with Gasteiger partial charge in [-0.15, -0.1) is 0 Å². The normalized spacial score (nSPS) is 11.0. The van der Waals surface area contributed by atoms with Gasteiger partial charge in [0.25, 0.3) is 0 Å². The molecule has 0 aliphatic carbocycles. The van der Waals surface area contributed by atoms with E-state index in [-0.39, 0.29) is 0 Å². The van der Waals surface area contributed by atoms with Crippen LogP contribution in [0.1, 0.15) is 32.1 Å². The highest BCUT2D eigenvalue weighted by molar-refractivity contribution is 4.61. The number of nitrogens with two attached hydrogens (primary N) is 3. The largest absolute Gasteiger partial charge is 0.330 e. The van der Waals surface area contributed by atoms with Crippen molar-refractivity contribution in [3.8, 4) is 0 Å². The summed E-state index contributed by atoms with van der Waals surface area (Å²) < 4.78 is 0. The number of hydrogen-bond acceptors (Lipinski definition) is 3. The van der Waals surface area contributed by atoms with E-state index in [1.54, 1.807) is 0 Å². The molecule has 0 aromatic rings. The second kappa shape index (κ2) is 8.97. The Kier molecular flexibility index (Phi) is 8.88. The van der Waals surface area contributed by atoms with E-state index >= 15 is 0 Å². The molecule has 0 fully saturated rings. The van der Waals surface area contributed by atoms with Crippen LogP contribution in [0.5, 0.6) is 0 Å². The lowest BCUT2D eigenvalue weighted by Gasteiger charge is -2.14. The van der Waals surface area contributed by atoms with E-state index in [1.165, 1.54) is 12.8 Å². The SMILES string of the molecule is NCCCC(CCN)CCCN. The van der Waals surface area contributed by atoms with Crippen molar-refractivity contribution in [2.45, 2.75) is 32.1 Å². The molecule has 0 unspecified atom stereocenters. The average Bonchev–Trinajstić information content (AvgIpc) is 2.10. The van der Waals surface area contributed by atoms with Gasteiger partial charge in [0.1, 0.15) is 0 Å². The molecule has 0 radical (unpaired) electrons. The molecule has 3 heteroatoms. The minimum Gasteiger partial charge on any atom is -0.330 e. The quantitative estimate of drug-likeness (QED) is 0.498. The van der Waals surface area contributed by atoms with Crippen LogP contribution < -0.4 is 17.2 Å². The van der Waals surface area contributed by atoms with Crippen LogP contribution in [-0.4, -0.2) is 19.6 Å². The Morgan fingerprint density at radius 2 is 1.17 bits per heavy atom. The minimum atomic E-state index is 0.752. The number of hydrogen-bond donors (Lipinski definition) is 3. The fourth-order valence-corrected chi connectivity index (χ4v) is 1.48. The Morgan fingerprint density at radius 1 is 0.667 bits per heavy atom. The Bertz CT molecular complexity index is 77.8. The Hall–Kier alpha value is -0.120. The summed E-state index contributed by atoms with van der Waals surface area (Å²) in [7, 11) is 0. The van der Waals surface area contributed by atoms with Crippen molar-refractivity contribution in [1.29, 1.82) is 0 Å². The van der Waals surface area contributed by atoms with Crippen LogP contribution in [0, 0.1) is 5.92 Å². The molecule has 74 valence electrons. The molecule has 0 aliphatic heterocycles. The van der Waals surface area contributed by atoms with Gasteiger partial charge < -0.3 is 17.2 Å². The smallest absolute Gasteiger partial charge is 0.00746 e. The van der Waals surface area contributed by atoms with Gasteiger partial charge in [0, 0.05) is 0 Å². The lowest BCUT2D eigenvalue weighted by Crippen LogP contribution is -2.12. The van der Waals surface area contributed by atoms with Crippen LogP contribution in [0.4, 0.5) is 0 Å². The third-order valence-electron chi connectivity index (χ3n) is 2.21. The Morgan fingerprint density at radius 3 is 1.50 bits per heavy atom. The Labute approximate surface area is 75.7 Å². The zero-order valence-corrected chi connectivity index (χ0v) is 7.97. The molecule has 0 atom stereocenters. The summed E-state index contributed by atoms with van der Waals surface area (Å²) in [6.07, 6.45) is 5.80. The summed E-state index contributed by atoms with van der Waals surface area (Å²) in [5.41, 5.74) is 16.4. The highest BCUT2D eigenvalue weighted by atomic mass is 14.5. The first-order valence-electron chi connectivity index (χ1n) is 4.95. The van der Waals surface area contributed by atoms with Crippen LogP contribution in [0.2, 0.25) is 0 Å². The van der Waals surface area contributed by atoms with Gasteiger partial charge in [0.2, 0.25) is 0 Å². The first kappa shape index (κ1) is 11.9. The standard InChI is InChI=1S/C9H23N3/c10-6-1-3-9(5-8-12)4-2-7-11/h9H,1-8,10-12H2. The fourth-order valence-electron chi connectivity index (χ4n) is 1.48. The number of rotatable bonds is 8. The third kappa shape index (κ3) is 6.58. The monoisotopic (exact) mass is 173 g/mol. The van der Waals surface area contributed by atoms with Gasteiger partial charge in [-0.05, 0) is 57.7 Å². The van der Waals surface area contributed by atoms with Crippen LogP contribution >= 0.6 is 0 Å². The lowest BCUT2D eigenvalue weighted by atomic mass is 9.94. The van der Waals surface area contributed by atoms with Crippen molar-refractivity contribution in [3.63, 3.8) is 0 Å². The van der Waals surface area contributed by atoms with Gasteiger partial charge in [-0.1, -0.05) is 0 Å². The maximum Gasteiger partial charge on any atom is -0.00746 e. The summed E-state index contributed by atoms with van der Waals surface area (Å²) in [6, 6.07) is 0. The predicted octanol–water partition coefficient (Wildman–Crippen LogP) is 0.429. The summed E-state index contributed by atoms with van der Waals surface area (Å²) in [4.78, 5) is 0. The minimum absolute atomic E-state index is 0.752. The van der Waals surface area contributed by atoms with Crippen LogP contribution in [0.3, 0.4) is 0 Å². The topological polar surface area (TPSA) is 78.1 Å². The molecule has 0 bridgehead atoms. The van der Waals surface area contributed by atoms with Crippen molar-refractivity contribution in [2.75, 3.05) is 19.6 Å². The maximum absolute atomic E-state index is 5.51. The van der Waals surface area contributed by atoms with Gasteiger partial charge in [0.05, 0.1) is 0 Å². The van der Waals surface area contributed by atoms with Crippen molar-refractivity contribution in [2.24, 2.45) is 23.1 Å². The van der Waals surface area contributed by atoms with Gasteiger partial charge in [-0.2, -0.15) is 0 Å². The average molecular weight is 173 g/mol. The molecule has 0 heterocycles. The third-order valence-corrected chi connectivity index (χ3v) is 2.21. The van der Waals surface area contributed by atoms with E-state index in [4.69, 9.17) is 17.2 Å². The Balaban J connectivity index is 3.40. The molecular formula is C9H23N3. The highest BCUT2D eigenvalue weighted by Crippen LogP contribution is 2.15. The highest BCUT2D eigenvalue weighted by Gasteiger charge is 2.05. The van der Waals surface area contributed by atoms with E-state index in [9.17, 15) is 0 Å². The van der Waals surface area contributed by atoms with Gasteiger partial charge >= 0.3 is 0 Å². The van der Waals surface area contributed by atoms with E-state index in [0.29, 0.717) is 0 Å². The van der Waals surface area contributed by atoms with E-state index in [1.807, 2.05) is 0 Å².